The van der Waals surface area contributed by atoms with Crippen molar-refractivity contribution >= 4 is 5.91 Å². The molecule has 130 valence electrons. The number of nitrogens with zero attached hydrogens (tertiary/aromatic N) is 4. The Balaban J connectivity index is 1.27. The summed E-state index contributed by atoms with van der Waals surface area (Å²) in [6, 6.07) is 5.82. The molecule has 0 saturated carbocycles. The lowest BCUT2D eigenvalue weighted by Gasteiger charge is -2.41. The zero-order valence-corrected chi connectivity index (χ0v) is 13.6. The van der Waals surface area contributed by atoms with Gasteiger partial charge in [0.2, 0.25) is 12.7 Å². The molecule has 3 aliphatic rings. The van der Waals surface area contributed by atoms with Crippen LogP contribution in [0.2, 0.25) is 0 Å². The number of rotatable bonds is 2. The Morgan fingerprint density at radius 2 is 2.20 bits per heavy atom. The van der Waals surface area contributed by atoms with E-state index in [1.807, 2.05) is 27.8 Å². The number of hydrogen-bond acceptors (Lipinski definition) is 6. The Labute approximate surface area is 144 Å². The molecule has 1 fully saturated rings. The minimum atomic E-state index is -0.0244. The quantitative estimate of drug-likeness (QED) is 0.808. The van der Waals surface area contributed by atoms with Gasteiger partial charge in [-0.25, -0.2) is 4.68 Å². The molecular formula is C17H18N4O4. The fraction of sp³-hybridized carbons (Fsp3) is 0.471. The van der Waals surface area contributed by atoms with E-state index in [1.54, 1.807) is 6.20 Å². The molecule has 8 nitrogen and oxygen atoms in total. The predicted octanol–water partition coefficient (Wildman–Crippen LogP) is 0.922. The van der Waals surface area contributed by atoms with Gasteiger partial charge in [-0.05, 0) is 24.1 Å². The molecule has 4 heterocycles. The summed E-state index contributed by atoms with van der Waals surface area (Å²) < 4.78 is 18.6. The number of benzene rings is 1. The van der Waals surface area contributed by atoms with Crippen LogP contribution in [0.15, 0.2) is 24.4 Å². The SMILES string of the molecule is O=C(Cc1ccc2c(c1)OCO2)N1CC[C@H]2[C@H](C1)OCc1cnnn12. The van der Waals surface area contributed by atoms with Crippen LogP contribution in [0.25, 0.3) is 0 Å². The smallest absolute Gasteiger partial charge is 0.231 e. The molecule has 8 heteroatoms. The van der Waals surface area contributed by atoms with Gasteiger partial charge in [-0.15, -0.1) is 5.10 Å². The molecule has 1 aromatic carbocycles. The van der Waals surface area contributed by atoms with E-state index in [4.69, 9.17) is 14.2 Å². The van der Waals surface area contributed by atoms with Crippen molar-refractivity contribution in [1.29, 1.82) is 0 Å². The summed E-state index contributed by atoms with van der Waals surface area (Å²) in [5, 5.41) is 8.13. The largest absolute Gasteiger partial charge is 0.454 e. The molecule has 0 bridgehead atoms. The lowest BCUT2D eigenvalue weighted by molar-refractivity contribution is -0.138. The summed E-state index contributed by atoms with van der Waals surface area (Å²) in [5.74, 6) is 1.54. The van der Waals surface area contributed by atoms with Crippen LogP contribution in [0.5, 0.6) is 11.5 Å². The predicted molar refractivity (Wildman–Crippen MR) is 85.1 cm³/mol. The Hall–Kier alpha value is -2.61. The first kappa shape index (κ1) is 14.7. The molecule has 2 atom stereocenters. The first-order valence-corrected chi connectivity index (χ1v) is 8.45. The van der Waals surface area contributed by atoms with Crippen molar-refractivity contribution in [1.82, 2.24) is 19.9 Å². The van der Waals surface area contributed by atoms with Gasteiger partial charge in [0.25, 0.3) is 0 Å². The summed E-state index contributed by atoms with van der Waals surface area (Å²) in [7, 11) is 0. The average Bonchev–Trinajstić information content (AvgIpc) is 3.29. The summed E-state index contributed by atoms with van der Waals surface area (Å²) in [5.41, 5.74) is 1.93. The summed E-state index contributed by atoms with van der Waals surface area (Å²) in [4.78, 5) is 14.6. The number of hydrogen-bond donors (Lipinski definition) is 0. The second-order valence-electron chi connectivity index (χ2n) is 6.58. The highest BCUT2D eigenvalue weighted by Gasteiger charge is 2.37. The monoisotopic (exact) mass is 342 g/mol. The molecule has 0 aliphatic carbocycles. The van der Waals surface area contributed by atoms with Crippen LogP contribution in [0.3, 0.4) is 0 Å². The second-order valence-corrected chi connectivity index (χ2v) is 6.58. The maximum atomic E-state index is 12.7. The van der Waals surface area contributed by atoms with Gasteiger partial charge in [0.15, 0.2) is 11.5 Å². The van der Waals surface area contributed by atoms with Crippen molar-refractivity contribution < 1.29 is 19.0 Å². The first-order chi connectivity index (χ1) is 12.3. The summed E-state index contributed by atoms with van der Waals surface area (Å²) in [6.45, 7) is 2.03. The van der Waals surface area contributed by atoms with Crippen LogP contribution in [0, 0.1) is 0 Å². The molecule has 2 aromatic rings. The van der Waals surface area contributed by atoms with E-state index >= 15 is 0 Å². The van der Waals surface area contributed by atoms with Crippen LogP contribution in [-0.2, 0) is 22.6 Å². The van der Waals surface area contributed by atoms with Crippen molar-refractivity contribution in [3.05, 3.63) is 35.7 Å². The molecule has 1 aromatic heterocycles. The minimum Gasteiger partial charge on any atom is -0.454 e. The van der Waals surface area contributed by atoms with E-state index < -0.39 is 0 Å². The number of carbonyl (C=O) groups is 1. The topological polar surface area (TPSA) is 78.7 Å². The molecule has 0 spiro atoms. The van der Waals surface area contributed by atoms with Gasteiger partial charge >= 0.3 is 0 Å². The van der Waals surface area contributed by atoms with Crippen molar-refractivity contribution in [3.63, 3.8) is 0 Å². The first-order valence-electron chi connectivity index (χ1n) is 8.45. The third-order valence-corrected chi connectivity index (χ3v) is 5.08. The van der Waals surface area contributed by atoms with Gasteiger partial charge < -0.3 is 19.1 Å². The zero-order valence-electron chi connectivity index (χ0n) is 13.6. The number of piperidine rings is 1. The Kier molecular flexibility index (Phi) is 3.37. The van der Waals surface area contributed by atoms with E-state index in [1.165, 1.54) is 0 Å². The number of aromatic nitrogens is 3. The molecule has 0 unspecified atom stereocenters. The van der Waals surface area contributed by atoms with Crippen LogP contribution >= 0.6 is 0 Å². The van der Waals surface area contributed by atoms with Crippen LogP contribution < -0.4 is 9.47 Å². The highest BCUT2D eigenvalue weighted by molar-refractivity contribution is 5.79. The van der Waals surface area contributed by atoms with Gasteiger partial charge in [-0.3, -0.25) is 4.79 Å². The molecule has 3 aliphatic heterocycles. The Morgan fingerprint density at radius 1 is 1.28 bits per heavy atom. The van der Waals surface area contributed by atoms with Crippen molar-refractivity contribution in [2.45, 2.75) is 31.6 Å². The third-order valence-electron chi connectivity index (χ3n) is 5.08. The standard InChI is InChI=1S/C17H18N4O4/c22-17(6-11-1-2-14-15(5-11)25-10-24-14)20-4-3-13-16(8-20)23-9-12-7-18-19-21(12)13/h1-2,5,7,13,16H,3-4,6,8-10H2/t13-,16-/m0/s1. The summed E-state index contributed by atoms with van der Waals surface area (Å²) >= 11 is 0. The number of ether oxygens (including phenoxy) is 3. The van der Waals surface area contributed by atoms with Crippen LogP contribution in [-0.4, -0.2) is 51.8 Å². The van der Waals surface area contributed by atoms with Gasteiger partial charge in [0.05, 0.1) is 37.1 Å². The fourth-order valence-corrected chi connectivity index (χ4v) is 3.75. The van der Waals surface area contributed by atoms with Gasteiger partial charge in [0.1, 0.15) is 0 Å². The zero-order chi connectivity index (χ0) is 16.8. The lowest BCUT2D eigenvalue weighted by Crippen LogP contribution is -2.50. The number of amides is 1. The molecule has 0 radical (unpaired) electrons. The highest BCUT2D eigenvalue weighted by atomic mass is 16.7. The van der Waals surface area contributed by atoms with E-state index in [2.05, 4.69) is 10.3 Å². The van der Waals surface area contributed by atoms with Gasteiger partial charge in [-0.1, -0.05) is 11.3 Å². The van der Waals surface area contributed by atoms with Crippen molar-refractivity contribution in [3.8, 4) is 11.5 Å². The molecular weight excluding hydrogens is 324 g/mol. The lowest BCUT2D eigenvalue weighted by atomic mass is 9.99. The maximum absolute atomic E-state index is 12.7. The van der Waals surface area contributed by atoms with E-state index in [0.717, 1.165) is 23.4 Å². The maximum Gasteiger partial charge on any atom is 0.231 e. The molecule has 1 amide bonds. The molecule has 5 rings (SSSR count). The van der Waals surface area contributed by atoms with Crippen LogP contribution in [0.4, 0.5) is 0 Å². The van der Waals surface area contributed by atoms with Gasteiger partial charge in [-0.2, -0.15) is 0 Å². The van der Waals surface area contributed by atoms with Crippen molar-refractivity contribution in [2.24, 2.45) is 0 Å². The summed E-state index contributed by atoms with van der Waals surface area (Å²) in [6.07, 6.45) is 2.90. The second kappa shape index (κ2) is 5.73. The number of likely N-dealkylation sites (tertiary alicyclic amines) is 1. The van der Waals surface area contributed by atoms with E-state index in [0.29, 0.717) is 31.9 Å². The Bertz CT molecular complexity index is 821. The van der Waals surface area contributed by atoms with Crippen LogP contribution in [0.1, 0.15) is 23.7 Å². The molecule has 0 N–H and O–H groups in total. The molecule has 25 heavy (non-hydrogen) atoms. The number of carbonyl (C=O) groups excluding carboxylic acids is 1. The van der Waals surface area contributed by atoms with Gasteiger partial charge in [0, 0.05) is 13.1 Å². The molecule has 1 saturated heterocycles. The van der Waals surface area contributed by atoms with Crippen molar-refractivity contribution in [2.75, 3.05) is 19.9 Å². The normalized spacial score (nSPS) is 23.9. The third kappa shape index (κ3) is 2.53. The van der Waals surface area contributed by atoms with E-state index in [9.17, 15) is 4.79 Å². The highest BCUT2D eigenvalue weighted by Crippen LogP contribution is 2.33. The average molecular weight is 342 g/mol. The van der Waals surface area contributed by atoms with E-state index in [-0.39, 0.29) is 24.8 Å². The minimum absolute atomic E-state index is 0.0244. The fourth-order valence-electron chi connectivity index (χ4n) is 3.75. The Morgan fingerprint density at radius 3 is 3.16 bits per heavy atom. The number of fused-ring (bicyclic) bond motifs is 4.